The van der Waals surface area contributed by atoms with Crippen LogP contribution in [-0.4, -0.2) is 58.4 Å². The molecule has 2 aliphatic rings. The Morgan fingerprint density at radius 1 is 1.38 bits per heavy atom. The number of hydrogen-bond donors (Lipinski definition) is 1. The molecule has 1 amide bonds. The Kier molecular flexibility index (Phi) is 3.16. The van der Waals surface area contributed by atoms with Gasteiger partial charge in [0.15, 0.2) is 0 Å². The van der Waals surface area contributed by atoms with E-state index in [0.717, 1.165) is 31.9 Å². The van der Waals surface area contributed by atoms with Crippen molar-refractivity contribution < 1.29 is 9.53 Å². The van der Waals surface area contributed by atoms with Crippen molar-refractivity contribution in [3.8, 4) is 10.6 Å². The second-order valence-electron chi connectivity index (χ2n) is 5.40. The maximum atomic E-state index is 11.5. The highest BCUT2D eigenvalue weighted by Gasteiger charge is 2.37. The third-order valence-electron chi connectivity index (χ3n) is 4.01. The third kappa shape index (κ3) is 2.43. The Balaban J connectivity index is 1.42. The molecule has 110 valence electrons. The Morgan fingerprint density at radius 3 is 3.19 bits per heavy atom. The fourth-order valence-electron chi connectivity index (χ4n) is 2.92. The molecule has 21 heavy (non-hydrogen) atoms. The van der Waals surface area contributed by atoms with Crippen molar-refractivity contribution >= 4 is 17.4 Å². The number of ether oxygens (including phenoxy) is 1. The van der Waals surface area contributed by atoms with Crippen molar-refractivity contribution in [1.82, 2.24) is 20.0 Å². The summed E-state index contributed by atoms with van der Waals surface area (Å²) in [6.07, 6.45) is 1.61. The van der Waals surface area contributed by atoms with Crippen LogP contribution in [0.4, 0.5) is 4.79 Å². The molecule has 6 nitrogen and oxygen atoms in total. The summed E-state index contributed by atoms with van der Waals surface area (Å²) >= 11 is 1.79. The standard InChI is InChI=1S/C14H16N4O2S/c19-14-18-6-5-17(7-10(18)9-20-14)8-11-1-2-13(21-11)12-3-4-15-16-12/h1-4,10H,5-9H2,(H,15,16). The monoisotopic (exact) mass is 304 g/mol. The van der Waals surface area contributed by atoms with E-state index in [0.29, 0.717) is 6.61 Å². The average molecular weight is 304 g/mol. The van der Waals surface area contributed by atoms with E-state index in [2.05, 4.69) is 27.2 Å². The van der Waals surface area contributed by atoms with E-state index >= 15 is 0 Å². The average Bonchev–Trinajstić information content (AvgIpc) is 3.20. The highest BCUT2D eigenvalue weighted by Crippen LogP contribution is 2.28. The second kappa shape index (κ2) is 5.16. The van der Waals surface area contributed by atoms with E-state index in [1.165, 1.54) is 9.75 Å². The van der Waals surface area contributed by atoms with Crippen LogP contribution in [0.2, 0.25) is 0 Å². The van der Waals surface area contributed by atoms with Gasteiger partial charge in [0.05, 0.1) is 16.6 Å². The van der Waals surface area contributed by atoms with Gasteiger partial charge in [-0.1, -0.05) is 0 Å². The smallest absolute Gasteiger partial charge is 0.410 e. The van der Waals surface area contributed by atoms with Crippen molar-refractivity contribution in [1.29, 1.82) is 0 Å². The number of carbonyl (C=O) groups excluding carboxylic acids is 1. The van der Waals surface area contributed by atoms with Gasteiger partial charge in [-0.3, -0.25) is 14.9 Å². The Labute approximate surface area is 126 Å². The number of carbonyl (C=O) groups is 1. The molecular weight excluding hydrogens is 288 g/mol. The second-order valence-corrected chi connectivity index (χ2v) is 6.56. The van der Waals surface area contributed by atoms with Gasteiger partial charge in [0.1, 0.15) is 6.61 Å². The summed E-state index contributed by atoms with van der Waals surface area (Å²) in [6, 6.07) is 6.50. The van der Waals surface area contributed by atoms with Gasteiger partial charge in [0.2, 0.25) is 0 Å². The van der Waals surface area contributed by atoms with Crippen molar-refractivity contribution in [2.45, 2.75) is 12.6 Å². The molecule has 1 unspecified atom stereocenters. The van der Waals surface area contributed by atoms with Crippen LogP contribution in [0, 0.1) is 0 Å². The number of rotatable bonds is 3. The summed E-state index contributed by atoms with van der Waals surface area (Å²) in [5.74, 6) is 0. The molecule has 0 aromatic carbocycles. The predicted octanol–water partition coefficient (Wildman–Crippen LogP) is 1.77. The lowest BCUT2D eigenvalue weighted by molar-refractivity contribution is 0.116. The molecule has 0 spiro atoms. The lowest BCUT2D eigenvalue weighted by Gasteiger charge is -2.35. The molecule has 7 heteroatoms. The van der Waals surface area contributed by atoms with Crippen molar-refractivity contribution in [2.24, 2.45) is 0 Å². The molecule has 2 fully saturated rings. The van der Waals surface area contributed by atoms with Crippen LogP contribution in [0.25, 0.3) is 10.6 Å². The van der Waals surface area contributed by atoms with Gasteiger partial charge in [-0.2, -0.15) is 5.10 Å². The Morgan fingerprint density at radius 2 is 2.33 bits per heavy atom. The minimum absolute atomic E-state index is 0.155. The normalized spacial score (nSPS) is 22.4. The molecule has 0 saturated carbocycles. The van der Waals surface area contributed by atoms with Gasteiger partial charge in [-0.25, -0.2) is 4.79 Å². The molecule has 0 aliphatic carbocycles. The molecule has 4 rings (SSSR count). The fourth-order valence-corrected chi connectivity index (χ4v) is 3.94. The zero-order valence-electron chi connectivity index (χ0n) is 11.5. The van der Waals surface area contributed by atoms with Crippen molar-refractivity contribution in [2.75, 3.05) is 26.2 Å². The van der Waals surface area contributed by atoms with Gasteiger partial charge in [0, 0.05) is 37.3 Å². The number of nitrogens with one attached hydrogen (secondary N) is 1. The third-order valence-corrected chi connectivity index (χ3v) is 5.11. The van der Waals surface area contributed by atoms with E-state index in [1.807, 2.05) is 11.0 Å². The number of aromatic amines is 1. The summed E-state index contributed by atoms with van der Waals surface area (Å²) in [6.45, 7) is 4.02. The van der Waals surface area contributed by atoms with Crippen LogP contribution < -0.4 is 0 Å². The van der Waals surface area contributed by atoms with Crippen LogP contribution in [0.1, 0.15) is 4.88 Å². The van der Waals surface area contributed by atoms with Gasteiger partial charge in [-0.05, 0) is 18.2 Å². The number of nitrogens with zero attached hydrogens (tertiary/aromatic N) is 3. The molecule has 1 N–H and O–H groups in total. The minimum atomic E-state index is -0.155. The molecule has 0 bridgehead atoms. The highest BCUT2D eigenvalue weighted by atomic mass is 32.1. The predicted molar refractivity (Wildman–Crippen MR) is 79.0 cm³/mol. The maximum absolute atomic E-state index is 11.5. The van der Waals surface area contributed by atoms with Gasteiger partial charge in [0.25, 0.3) is 0 Å². The molecule has 1 atom stereocenters. The number of H-pyrrole nitrogens is 1. The largest absolute Gasteiger partial charge is 0.447 e. The van der Waals surface area contributed by atoms with Gasteiger partial charge >= 0.3 is 6.09 Å². The van der Waals surface area contributed by atoms with E-state index in [9.17, 15) is 4.79 Å². The molecule has 2 aromatic heterocycles. The number of hydrogen-bond acceptors (Lipinski definition) is 5. The fraction of sp³-hybridized carbons (Fsp3) is 0.429. The molecule has 4 heterocycles. The van der Waals surface area contributed by atoms with Crippen LogP contribution >= 0.6 is 11.3 Å². The van der Waals surface area contributed by atoms with Crippen molar-refractivity contribution in [3.05, 3.63) is 29.3 Å². The van der Waals surface area contributed by atoms with E-state index in [-0.39, 0.29) is 12.1 Å². The van der Waals surface area contributed by atoms with Crippen LogP contribution in [0.3, 0.4) is 0 Å². The molecule has 0 radical (unpaired) electrons. The Hall–Kier alpha value is -1.86. The van der Waals surface area contributed by atoms with Crippen molar-refractivity contribution in [3.63, 3.8) is 0 Å². The lowest BCUT2D eigenvalue weighted by Crippen LogP contribution is -2.51. The summed E-state index contributed by atoms with van der Waals surface area (Å²) in [4.78, 5) is 18.3. The summed E-state index contributed by atoms with van der Waals surface area (Å²) in [5.41, 5.74) is 1.06. The summed E-state index contributed by atoms with van der Waals surface area (Å²) in [7, 11) is 0. The molecule has 2 aliphatic heterocycles. The number of aromatic nitrogens is 2. The zero-order valence-corrected chi connectivity index (χ0v) is 12.3. The first-order valence-corrected chi connectivity index (χ1v) is 7.85. The summed E-state index contributed by atoms with van der Waals surface area (Å²) < 4.78 is 5.10. The van der Waals surface area contributed by atoms with E-state index in [1.54, 1.807) is 17.5 Å². The maximum Gasteiger partial charge on any atom is 0.410 e. The van der Waals surface area contributed by atoms with Gasteiger partial charge < -0.3 is 4.74 Å². The number of amides is 1. The number of fused-ring (bicyclic) bond motifs is 1. The first-order valence-electron chi connectivity index (χ1n) is 7.04. The molecule has 2 aromatic rings. The highest BCUT2D eigenvalue weighted by molar-refractivity contribution is 7.15. The quantitative estimate of drug-likeness (QED) is 0.939. The number of piperazine rings is 1. The summed E-state index contributed by atoms with van der Waals surface area (Å²) in [5, 5.41) is 6.98. The van der Waals surface area contributed by atoms with E-state index < -0.39 is 0 Å². The topological polar surface area (TPSA) is 61.5 Å². The number of cyclic esters (lactones) is 1. The first-order chi connectivity index (χ1) is 10.3. The Bertz CT molecular complexity index is 639. The first kappa shape index (κ1) is 12.8. The SMILES string of the molecule is O=C1OCC2CN(Cc3ccc(-c4ccn[nH]4)s3)CCN12. The van der Waals surface area contributed by atoms with Crippen LogP contribution in [0.5, 0.6) is 0 Å². The minimum Gasteiger partial charge on any atom is -0.447 e. The van der Waals surface area contributed by atoms with E-state index in [4.69, 9.17) is 4.74 Å². The molecular formula is C14H16N4O2S. The number of thiophene rings is 1. The van der Waals surface area contributed by atoms with Crippen LogP contribution in [0.15, 0.2) is 24.4 Å². The molecule has 2 saturated heterocycles. The zero-order chi connectivity index (χ0) is 14.2. The van der Waals surface area contributed by atoms with Crippen LogP contribution in [-0.2, 0) is 11.3 Å². The lowest BCUT2D eigenvalue weighted by atomic mass is 10.2. The van der Waals surface area contributed by atoms with Gasteiger partial charge in [-0.15, -0.1) is 11.3 Å².